The molecule has 23 heavy (non-hydrogen) atoms. The second-order valence-corrected chi connectivity index (χ2v) is 8.69. The van der Waals surface area contributed by atoms with Crippen molar-refractivity contribution < 1.29 is 8.42 Å². The highest BCUT2D eigenvalue weighted by molar-refractivity contribution is 7.88. The molecule has 0 amide bonds. The van der Waals surface area contributed by atoms with E-state index in [2.05, 4.69) is 28.4 Å². The molecular formula is C17H24N2O2S2. The minimum absolute atomic E-state index is 0.0149. The predicted molar refractivity (Wildman–Crippen MR) is 96.9 cm³/mol. The van der Waals surface area contributed by atoms with Gasteiger partial charge < -0.3 is 5.32 Å². The van der Waals surface area contributed by atoms with Gasteiger partial charge in [0.05, 0.1) is 5.75 Å². The predicted octanol–water partition coefficient (Wildman–Crippen LogP) is 3.17. The van der Waals surface area contributed by atoms with Crippen molar-refractivity contribution in [2.24, 2.45) is 0 Å². The summed E-state index contributed by atoms with van der Waals surface area (Å²) >= 11 is 1.74. The molecule has 0 radical (unpaired) electrons. The van der Waals surface area contributed by atoms with Gasteiger partial charge in [0, 0.05) is 24.0 Å². The number of sulfonamides is 1. The summed E-state index contributed by atoms with van der Waals surface area (Å²) in [4.78, 5) is 1.32. The van der Waals surface area contributed by atoms with E-state index in [1.165, 1.54) is 10.4 Å². The molecule has 0 aliphatic heterocycles. The molecule has 1 heterocycles. The lowest BCUT2D eigenvalue weighted by Crippen LogP contribution is -2.31. The third-order valence-corrected chi connectivity index (χ3v) is 5.99. The first-order valence-electron chi connectivity index (χ1n) is 7.68. The van der Waals surface area contributed by atoms with Crippen LogP contribution in [0.2, 0.25) is 0 Å². The van der Waals surface area contributed by atoms with Crippen molar-refractivity contribution in [1.82, 2.24) is 10.0 Å². The summed E-state index contributed by atoms with van der Waals surface area (Å²) in [5.74, 6) is 0.0149. The molecule has 2 rings (SSSR count). The monoisotopic (exact) mass is 352 g/mol. The maximum atomic E-state index is 12.1. The van der Waals surface area contributed by atoms with Gasteiger partial charge in [0.25, 0.3) is 0 Å². The van der Waals surface area contributed by atoms with Crippen molar-refractivity contribution >= 4 is 21.4 Å². The van der Waals surface area contributed by atoms with Crippen molar-refractivity contribution in [2.75, 3.05) is 0 Å². The van der Waals surface area contributed by atoms with Crippen LogP contribution >= 0.6 is 11.3 Å². The fraction of sp³-hybridized carbons (Fsp3) is 0.412. The summed E-state index contributed by atoms with van der Waals surface area (Å²) in [6.07, 6.45) is 0. The molecule has 0 bridgehead atoms. The van der Waals surface area contributed by atoms with Crippen molar-refractivity contribution in [2.45, 2.75) is 45.7 Å². The minimum atomic E-state index is -3.31. The Labute approximate surface area is 143 Å². The summed E-state index contributed by atoms with van der Waals surface area (Å²) in [6, 6.07) is 9.71. The average Bonchev–Trinajstić information content (AvgIpc) is 2.84. The zero-order chi connectivity index (χ0) is 16.9. The summed E-state index contributed by atoms with van der Waals surface area (Å²) in [7, 11) is -3.31. The van der Waals surface area contributed by atoms with Crippen LogP contribution in [0.5, 0.6) is 0 Å². The van der Waals surface area contributed by atoms with Crippen LogP contribution in [0.25, 0.3) is 0 Å². The van der Waals surface area contributed by atoms with Gasteiger partial charge in [0.1, 0.15) is 0 Å². The Hall–Kier alpha value is -1.21. The highest BCUT2D eigenvalue weighted by atomic mass is 32.2. The first kappa shape index (κ1) is 18.1. The first-order chi connectivity index (χ1) is 10.9. The van der Waals surface area contributed by atoms with Gasteiger partial charge in [-0.25, -0.2) is 13.1 Å². The molecular weight excluding hydrogens is 328 g/mol. The van der Waals surface area contributed by atoms with E-state index in [1.54, 1.807) is 11.3 Å². The van der Waals surface area contributed by atoms with Crippen molar-refractivity contribution in [1.29, 1.82) is 0 Å². The average molecular weight is 353 g/mol. The van der Waals surface area contributed by atoms with Crippen LogP contribution in [0.15, 0.2) is 35.7 Å². The van der Waals surface area contributed by atoms with Gasteiger partial charge in [0.15, 0.2) is 0 Å². The SMILES string of the molecule is Cc1ccsc1CNCc1ccccc1CS(=O)(=O)NC(C)C. The molecule has 0 aliphatic carbocycles. The van der Waals surface area contributed by atoms with Crippen LogP contribution < -0.4 is 10.0 Å². The highest BCUT2D eigenvalue weighted by Crippen LogP contribution is 2.16. The lowest BCUT2D eigenvalue weighted by atomic mass is 10.1. The number of rotatable bonds is 8. The molecule has 0 saturated carbocycles. The standard InChI is InChI=1S/C17H24N2O2S2/c1-13(2)19-23(20,21)12-16-7-5-4-6-15(16)10-18-11-17-14(3)8-9-22-17/h4-9,13,18-19H,10-12H2,1-3H3. The summed E-state index contributed by atoms with van der Waals surface area (Å²) in [5.41, 5.74) is 3.16. The zero-order valence-corrected chi connectivity index (χ0v) is 15.4. The van der Waals surface area contributed by atoms with Crippen LogP contribution in [-0.4, -0.2) is 14.5 Å². The largest absolute Gasteiger partial charge is 0.308 e. The Bertz CT molecular complexity index is 737. The molecule has 126 valence electrons. The smallest absolute Gasteiger partial charge is 0.216 e. The van der Waals surface area contributed by atoms with E-state index in [1.807, 2.05) is 38.1 Å². The van der Waals surface area contributed by atoms with Crippen molar-refractivity contribution in [3.63, 3.8) is 0 Å². The number of hydrogen-bond acceptors (Lipinski definition) is 4. The number of thiophene rings is 1. The summed E-state index contributed by atoms with van der Waals surface area (Å²) in [5, 5.41) is 5.49. The molecule has 0 atom stereocenters. The Morgan fingerprint density at radius 1 is 1.09 bits per heavy atom. The Balaban J connectivity index is 2.01. The van der Waals surface area contributed by atoms with Crippen LogP contribution in [0.4, 0.5) is 0 Å². The zero-order valence-electron chi connectivity index (χ0n) is 13.8. The first-order valence-corrected chi connectivity index (χ1v) is 10.2. The minimum Gasteiger partial charge on any atom is -0.308 e. The van der Waals surface area contributed by atoms with E-state index in [0.717, 1.165) is 17.7 Å². The number of benzene rings is 1. The van der Waals surface area contributed by atoms with Gasteiger partial charge in [-0.2, -0.15) is 0 Å². The number of aryl methyl sites for hydroxylation is 1. The highest BCUT2D eigenvalue weighted by Gasteiger charge is 2.15. The Morgan fingerprint density at radius 3 is 2.39 bits per heavy atom. The van der Waals surface area contributed by atoms with E-state index < -0.39 is 10.0 Å². The lowest BCUT2D eigenvalue weighted by Gasteiger charge is -2.13. The summed E-state index contributed by atoms with van der Waals surface area (Å²) < 4.78 is 26.9. The molecule has 0 aliphatic rings. The maximum Gasteiger partial charge on any atom is 0.216 e. The van der Waals surface area contributed by atoms with Crippen LogP contribution in [-0.2, 0) is 28.9 Å². The molecule has 1 aromatic carbocycles. The molecule has 1 aromatic heterocycles. The van der Waals surface area contributed by atoms with Crippen LogP contribution in [0.1, 0.15) is 35.4 Å². The number of hydrogen-bond donors (Lipinski definition) is 2. The number of nitrogens with one attached hydrogen (secondary N) is 2. The molecule has 4 nitrogen and oxygen atoms in total. The molecule has 2 N–H and O–H groups in total. The molecule has 0 unspecified atom stereocenters. The molecule has 2 aromatic rings. The fourth-order valence-corrected chi connectivity index (χ4v) is 4.74. The van der Waals surface area contributed by atoms with Crippen molar-refractivity contribution in [3.8, 4) is 0 Å². The van der Waals surface area contributed by atoms with E-state index in [-0.39, 0.29) is 11.8 Å². The van der Waals surface area contributed by atoms with Crippen molar-refractivity contribution in [3.05, 3.63) is 57.3 Å². The third kappa shape index (κ3) is 5.73. The molecule has 0 saturated heterocycles. The summed E-state index contributed by atoms with van der Waals surface area (Å²) in [6.45, 7) is 7.22. The van der Waals surface area contributed by atoms with Gasteiger partial charge in [-0.15, -0.1) is 11.3 Å². The maximum absolute atomic E-state index is 12.1. The Morgan fingerprint density at radius 2 is 1.78 bits per heavy atom. The fourth-order valence-electron chi connectivity index (χ4n) is 2.37. The topological polar surface area (TPSA) is 58.2 Å². The van der Waals surface area contributed by atoms with E-state index in [9.17, 15) is 8.42 Å². The van der Waals surface area contributed by atoms with E-state index in [4.69, 9.17) is 0 Å². The van der Waals surface area contributed by atoms with Crippen LogP contribution in [0, 0.1) is 6.92 Å². The second-order valence-electron chi connectivity index (χ2n) is 5.93. The van der Waals surface area contributed by atoms with Gasteiger partial charge in [-0.3, -0.25) is 0 Å². The molecule has 0 spiro atoms. The normalized spacial score (nSPS) is 12.0. The van der Waals surface area contributed by atoms with Gasteiger partial charge in [-0.05, 0) is 48.9 Å². The quantitative estimate of drug-likeness (QED) is 0.767. The molecule has 0 fully saturated rings. The lowest BCUT2D eigenvalue weighted by molar-refractivity contribution is 0.568. The second kappa shape index (κ2) is 8.06. The van der Waals surface area contributed by atoms with Gasteiger partial charge in [0.2, 0.25) is 10.0 Å². The van der Waals surface area contributed by atoms with Gasteiger partial charge >= 0.3 is 0 Å². The Kier molecular flexibility index (Phi) is 6.35. The molecule has 6 heteroatoms. The van der Waals surface area contributed by atoms with E-state index >= 15 is 0 Å². The van der Waals surface area contributed by atoms with Crippen LogP contribution in [0.3, 0.4) is 0 Å². The third-order valence-electron chi connectivity index (χ3n) is 3.45. The van der Waals surface area contributed by atoms with E-state index in [0.29, 0.717) is 6.54 Å². The van der Waals surface area contributed by atoms with Gasteiger partial charge in [-0.1, -0.05) is 24.3 Å².